The lowest BCUT2D eigenvalue weighted by atomic mass is 10.1. The van der Waals surface area contributed by atoms with Gasteiger partial charge in [-0.2, -0.15) is 5.10 Å². The van der Waals surface area contributed by atoms with Crippen molar-refractivity contribution in [1.82, 2.24) is 14.2 Å². The summed E-state index contributed by atoms with van der Waals surface area (Å²) in [6.07, 6.45) is 3.14. The van der Waals surface area contributed by atoms with E-state index in [9.17, 15) is 9.59 Å². The van der Waals surface area contributed by atoms with Crippen LogP contribution >= 0.6 is 0 Å². The fraction of sp³-hybridized carbons (Fsp3) is 0.188. The number of fused-ring (bicyclic) bond motifs is 1. The van der Waals surface area contributed by atoms with Gasteiger partial charge < -0.3 is 14.0 Å². The van der Waals surface area contributed by atoms with Crippen molar-refractivity contribution in [1.29, 1.82) is 0 Å². The average Bonchev–Trinajstić information content (AvgIpc) is 3.02. The molecule has 0 spiro atoms. The molecule has 7 heteroatoms. The number of carbonyl (C=O) groups is 1. The molecule has 7 nitrogen and oxygen atoms in total. The monoisotopic (exact) mass is 313 g/mol. The Bertz CT molecular complexity index is 926. The number of benzene rings is 1. The highest BCUT2D eigenvalue weighted by Gasteiger charge is 2.11. The molecule has 118 valence electrons. The molecule has 0 fully saturated rings. The second-order valence-corrected chi connectivity index (χ2v) is 4.90. The van der Waals surface area contributed by atoms with Crippen LogP contribution in [0.3, 0.4) is 0 Å². The summed E-state index contributed by atoms with van der Waals surface area (Å²) in [5.74, 6) is 0.228. The number of hydrogen-bond acceptors (Lipinski definition) is 5. The Morgan fingerprint density at radius 2 is 2.04 bits per heavy atom. The van der Waals surface area contributed by atoms with Crippen LogP contribution in [0.15, 0.2) is 47.5 Å². The first-order valence-corrected chi connectivity index (χ1v) is 6.92. The normalized spacial score (nSPS) is 10.7. The number of ether oxygens (including phenoxy) is 2. The van der Waals surface area contributed by atoms with Crippen molar-refractivity contribution < 1.29 is 14.3 Å². The van der Waals surface area contributed by atoms with E-state index in [4.69, 9.17) is 4.74 Å². The summed E-state index contributed by atoms with van der Waals surface area (Å²) in [5.41, 5.74) is 1.57. The zero-order valence-corrected chi connectivity index (χ0v) is 12.7. The van der Waals surface area contributed by atoms with Crippen LogP contribution in [0, 0.1) is 0 Å². The molecule has 2 aromatic heterocycles. The maximum absolute atomic E-state index is 12.4. The Kier molecular flexibility index (Phi) is 3.84. The van der Waals surface area contributed by atoms with E-state index in [1.165, 1.54) is 22.4 Å². The van der Waals surface area contributed by atoms with E-state index in [0.29, 0.717) is 17.0 Å². The number of nitrogens with zero attached hydrogens (tertiary/aromatic N) is 3. The van der Waals surface area contributed by atoms with Gasteiger partial charge in [-0.15, -0.1) is 0 Å². The van der Waals surface area contributed by atoms with Crippen LogP contribution in [-0.4, -0.2) is 34.4 Å². The summed E-state index contributed by atoms with van der Waals surface area (Å²) in [5, 5.41) is 4.39. The van der Waals surface area contributed by atoms with Gasteiger partial charge in [-0.25, -0.2) is 4.52 Å². The van der Waals surface area contributed by atoms with E-state index in [0.717, 1.165) is 5.56 Å². The highest BCUT2D eigenvalue weighted by atomic mass is 16.5. The van der Waals surface area contributed by atoms with Gasteiger partial charge >= 0.3 is 5.97 Å². The lowest BCUT2D eigenvalue weighted by Gasteiger charge is -2.03. The zero-order valence-electron chi connectivity index (χ0n) is 12.7. The third-order valence-electron chi connectivity index (χ3n) is 3.50. The molecule has 0 aliphatic carbocycles. The average molecular weight is 313 g/mol. The van der Waals surface area contributed by atoms with Crippen molar-refractivity contribution in [3.05, 3.63) is 53.1 Å². The third kappa shape index (κ3) is 2.80. The van der Waals surface area contributed by atoms with Crippen LogP contribution in [0.4, 0.5) is 0 Å². The third-order valence-corrected chi connectivity index (χ3v) is 3.50. The second kappa shape index (κ2) is 5.96. The van der Waals surface area contributed by atoms with Gasteiger partial charge in [-0.3, -0.25) is 9.59 Å². The molecule has 23 heavy (non-hydrogen) atoms. The van der Waals surface area contributed by atoms with E-state index < -0.39 is 5.97 Å². The molecular formula is C16H15N3O4. The van der Waals surface area contributed by atoms with Crippen LogP contribution in [0.2, 0.25) is 0 Å². The maximum Gasteiger partial charge on any atom is 0.325 e. The van der Waals surface area contributed by atoms with E-state index >= 15 is 0 Å². The molecule has 3 aromatic rings. The first-order valence-electron chi connectivity index (χ1n) is 6.92. The van der Waals surface area contributed by atoms with Gasteiger partial charge in [-0.1, -0.05) is 12.1 Å². The molecule has 0 amide bonds. The SMILES string of the molecule is COC(=O)Cn1ccn2nc(-c3cccc(OC)c3)cc2c1=O. The van der Waals surface area contributed by atoms with Crippen LogP contribution in [0.25, 0.3) is 16.8 Å². The standard InChI is InChI=1S/C16H15N3O4/c1-22-12-5-3-4-11(8-12)13-9-14-16(21)18(10-15(20)23-2)6-7-19(14)17-13/h3-9H,10H2,1-2H3. The van der Waals surface area contributed by atoms with E-state index in [1.54, 1.807) is 19.4 Å². The summed E-state index contributed by atoms with van der Waals surface area (Å²) in [6, 6.07) is 9.10. The predicted molar refractivity (Wildman–Crippen MR) is 83.5 cm³/mol. The van der Waals surface area contributed by atoms with E-state index in [2.05, 4.69) is 9.84 Å². The van der Waals surface area contributed by atoms with Crippen molar-refractivity contribution in [2.45, 2.75) is 6.54 Å². The molecule has 0 radical (unpaired) electrons. The summed E-state index contributed by atoms with van der Waals surface area (Å²) >= 11 is 0. The Hall–Kier alpha value is -3.09. The van der Waals surface area contributed by atoms with Gasteiger partial charge in [-0.05, 0) is 18.2 Å². The minimum absolute atomic E-state index is 0.133. The van der Waals surface area contributed by atoms with Gasteiger partial charge in [0.05, 0.1) is 19.9 Å². The molecule has 0 unspecified atom stereocenters. The highest BCUT2D eigenvalue weighted by molar-refractivity contribution is 5.70. The highest BCUT2D eigenvalue weighted by Crippen LogP contribution is 2.22. The van der Waals surface area contributed by atoms with Crippen molar-refractivity contribution in [2.75, 3.05) is 14.2 Å². The topological polar surface area (TPSA) is 74.8 Å². The quantitative estimate of drug-likeness (QED) is 0.680. The molecule has 0 saturated heterocycles. The zero-order chi connectivity index (χ0) is 16.4. The lowest BCUT2D eigenvalue weighted by Crippen LogP contribution is -2.25. The number of rotatable bonds is 4. The van der Waals surface area contributed by atoms with Gasteiger partial charge in [0.15, 0.2) is 0 Å². The van der Waals surface area contributed by atoms with Gasteiger partial charge in [0.2, 0.25) is 0 Å². The molecule has 0 N–H and O–H groups in total. The Labute approximate surface area is 131 Å². The minimum Gasteiger partial charge on any atom is -0.497 e. The molecule has 0 saturated carbocycles. The maximum atomic E-state index is 12.4. The van der Waals surface area contributed by atoms with Crippen molar-refractivity contribution >= 4 is 11.5 Å². The van der Waals surface area contributed by atoms with Crippen molar-refractivity contribution in [3.8, 4) is 17.0 Å². The fourth-order valence-electron chi connectivity index (χ4n) is 2.28. The van der Waals surface area contributed by atoms with Crippen LogP contribution < -0.4 is 10.3 Å². The number of esters is 1. The fourth-order valence-corrected chi connectivity index (χ4v) is 2.28. The van der Waals surface area contributed by atoms with Gasteiger partial charge in [0, 0.05) is 18.0 Å². The minimum atomic E-state index is -0.482. The predicted octanol–water partition coefficient (Wildman–Crippen LogP) is 1.34. The molecule has 0 aliphatic rings. The summed E-state index contributed by atoms with van der Waals surface area (Å²) in [4.78, 5) is 23.8. The van der Waals surface area contributed by atoms with Crippen molar-refractivity contribution in [2.24, 2.45) is 0 Å². The number of hydrogen-bond donors (Lipinski definition) is 0. The first kappa shape index (κ1) is 14.8. The largest absolute Gasteiger partial charge is 0.497 e. The number of methoxy groups -OCH3 is 2. The van der Waals surface area contributed by atoms with Crippen LogP contribution in [-0.2, 0) is 16.1 Å². The molecule has 1 aromatic carbocycles. The first-order chi connectivity index (χ1) is 11.1. The van der Waals surface area contributed by atoms with Gasteiger partial charge in [0.25, 0.3) is 5.56 Å². The molecule has 0 bridgehead atoms. The number of carbonyl (C=O) groups excluding carboxylic acids is 1. The molecule has 3 rings (SSSR count). The summed E-state index contributed by atoms with van der Waals surface area (Å²) in [6.45, 7) is -0.133. The van der Waals surface area contributed by atoms with Crippen LogP contribution in [0.1, 0.15) is 0 Å². The molecule has 0 atom stereocenters. The Morgan fingerprint density at radius 1 is 1.22 bits per heavy atom. The lowest BCUT2D eigenvalue weighted by molar-refractivity contribution is -0.141. The second-order valence-electron chi connectivity index (χ2n) is 4.90. The Morgan fingerprint density at radius 3 is 2.78 bits per heavy atom. The van der Waals surface area contributed by atoms with Gasteiger partial charge in [0.1, 0.15) is 17.8 Å². The Balaban J connectivity index is 2.06. The molecule has 0 aliphatic heterocycles. The molecule has 2 heterocycles. The smallest absolute Gasteiger partial charge is 0.325 e. The van der Waals surface area contributed by atoms with Crippen LogP contribution in [0.5, 0.6) is 5.75 Å². The summed E-state index contributed by atoms with van der Waals surface area (Å²) < 4.78 is 12.6. The van der Waals surface area contributed by atoms with E-state index in [-0.39, 0.29) is 12.1 Å². The van der Waals surface area contributed by atoms with E-state index in [1.807, 2.05) is 24.3 Å². The number of aromatic nitrogens is 3. The van der Waals surface area contributed by atoms with Crippen molar-refractivity contribution in [3.63, 3.8) is 0 Å². The summed E-state index contributed by atoms with van der Waals surface area (Å²) in [7, 11) is 2.87. The molecular weight excluding hydrogens is 298 g/mol.